The lowest BCUT2D eigenvalue weighted by Gasteiger charge is -2.07. The van der Waals surface area contributed by atoms with E-state index in [9.17, 15) is 4.79 Å². The quantitative estimate of drug-likeness (QED) is 0.750. The third kappa shape index (κ3) is 2.69. The zero-order valence-electron chi connectivity index (χ0n) is 9.83. The Labute approximate surface area is 113 Å². The van der Waals surface area contributed by atoms with E-state index in [1.807, 2.05) is 42.5 Å². The number of hydrogen-bond donors (Lipinski definition) is 2. The lowest BCUT2D eigenvalue weighted by molar-refractivity contribution is 0.262. The Bertz CT molecular complexity index is 711. The molecule has 94 valence electrons. The van der Waals surface area contributed by atoms with Gasteiger partial charge in [0.2, 0.25) is 0 Å². The Morgan fingerprint density at radius 3 is 2.63 bits per heavy atom. The molecule has 0 radical (unpaired) electrons. The SMILES string of the molecule is O=C(Nc1ccccc1)Nc1ccc2nnsc2c1. The number of urea groups is 1. The summed E-state index contributed by atoms with van der Waals surface area (Å²) in [6.45, 7) is 0. The molecule has 2 aromatic carbocycles. The third-order valence-electron chi connectivity index (χ3n) is 2.54. The average Bonchev–Trinajstić information content (AvgIpc) is 2.87. The van der Waals surface area contributed by atoms with E-state index < -0.39 is 0 Å². The molecule has 0 aliphatic heterocycles. The number of aromatic nitrogens is 2. The Balaban J connectivity index is 1.72. The van der Waals surface area contributed by atoms with Gasteiger partial charge in [-0.3, -0.25) is 0 Å². The number of hydrogen-bond acceptors (Lipinski definition) is 4. The van der Waals surface area contributed by atoms with Gasteiger partial charge >= 0.3 is 6.03 Å². The summed E-state index contributed by atoms with van der Waals surface area (Å²) in [5.41, 5.74) is 2.30. The highest BCUT2D eigenvalue weighted by Gasteiger charge is 2.04. The van der Waals surface area contributed by atoms with E-state index in [4.69, 9.17) is 0 Å². The van der Waals surface area contributed by atoms with Gasteiger partial charge in [-0.05, 0) is 41.9 Å². The maximum absolute atomic E-state index is 11.8. The van der Waals surface area contributed by atoms with E-state index in [-0.39, 0.29) is 6.03 Å². The van der Waals surface area contributed by atoms with Crippen LogP contribution in [0.1, 0.15) is 0 Å². The van der Waals surface area contributed by atoms with Gasteiger partial charge in [0.25, 0.3) is 0 Å². The molecule has 5 nitrogen and oxygen atoms in total. The number of nitrogens with zero attached hydrogens (tertiary/aromatic N) is 2. The van der Waals surface area contributed by atoms with E-state index in [1.165, 1.54) is 11.5 Å². The van der Waals surface area contributed by atoms with Crippen molar-refractivity contribution in [2.45, 2.75) is 0 Å². The molecule has 6 heteroatoms. The fourth-order valence-electron chi connectivity index (χ4n) is 1.67. The maximum Gasteiger partial charge on any atom is 0.323 e. The number of benzene rings is 2. The molecule has 0 bridgehead atoms. The highest BCUT2D eigenvalue weighted by atomic mass is 32.1. The summed E-state index contributed by atoms with van der Waals surface area (Å²) in [5, 5.41) is 9.47. The minimum atomic E-state index is -0.275. The molecule has 0 saturated heterocycles. The standard InChI is InChI=1S/C13H10N4OS/c18-13(14-9-4-2-1-3-5-9)15-10-6-7-11-12(8-10)19-17-16-11/h1-8H,(H2,14,15,18). The molecule has 3 aromatic rings. The van der Waals surface area contributed by atoms with Gasteiger partial charge < -0.3 is 10.6 Å². The zero-order valence-corrected chi connectivity index (χ0v) is 10.6. The van der Waals surface area contributed by atoms with Crippen molar-refractivity contribution in [3.63, 3.8) is 0 Å². The van der Waals surface area contributed by atoms with E-state index in [2.05, 4.69) is 20.2 Å². The molecule has 1 aromatic heterocycles. The van der Waals surface area contributed by atoms with Crippen LogP contribution < -0.4 is 10.6 Å². The molecule has 3 rings (SSSR count). The van der Waals surface area contributed by atoms with Gasteiger partial charge in [-0.2, -0.15) is 0 Å². The number of fused-ring (bicyclic) bond motifs is 1. The largest absolute Gasteiger partial charge is 0.323 e. The normalized spacial score (nSPS) is 10.3. The maximum atomic E-state index is 11.8. The van der Waals surface area contributed by atoms with Gasteiger partial charge in [0, 0.05) is 11.4 Å². The topological polar surface area (TPSA) is 66.9 Å². The second-order valence-corrected chi connectivity index (χ2v) is 4.69. The van der Waals surface area contributed by atoms with Crippen LogP contribution in [0, 0.1) is 0 Å². The van der Waals surface area contributed by atoms with Crippen molar-refractivity contribution in [3.05, 3.63) is 48.5 Å². The molecular formula is C13H10N4OS. The first-order valence-corrected chi connectivity index (χ1v) is 6.44. The molecule has 0 aliphatic rings. The van der Waals surface area contributed by atoms with Gasteiger partial charge in [0.15, 0.2) is 0 Å². The number of amides is 2. The van der Waals surface area contributed by atoms with Gasteiger partial charge in [0.1, 0.15) is 5.52 Å². The number of carbonyl (C=O) groups is 1. The molecule has 2 N–H and O–H groups in total. The summed E-state index contributed by atoms with van der Waals surface area (Å²) >= 11 is 1.30. The van der Waals surface area contributed by atoms with Gasteiger partial charge in [-0.25, -0.2) is 4.79 Å². The Morgan fingerprint density at radius 2 is 1.79 bits per heavy atom. The third-order valence-corrected chi connectivity index (χ3v) is 3.22. The molecule has 19 heavy (non-hydrogen) atoms. The van der Waals surface area contributed by atoms with Crippen LogP contribution in [0.25, 0.3) is 10.2 Å². The Kier molecular flexibility index (Phi) is 3.07. The van der Waals surface area contributed by atoms with E-state index in [0.29, 0.717) is 5.69 Å². The number of carbonyl (C=O) groups excluding carboxylic acids is 1. The predicted octanol–water partition coefficient (Wildman–Crippen LogP) is 3.34. The van der Waals surface area contributed by atoms with Crippen LogP contribution >= 0.6 is 11.5 Å². The molecule has 0 saturated carbocycles. The van der Waals surface area contributed by atoms with Crippen LogP contribution in [0.15, 0.2) is 48.5 Å². The molecule has 2 amide bonds. The number of para-hydroxylation sites is 1. The molecule has 0 fully saturated rings. The van der Waals surface area contributed by atoms with Crippen LogP contribution in [0.5, 0.6) is 0 Å². The molecule has 0 aliphatic carbocycles. The van der Waals surface area contributed by atoms with Crippen LogP contribution in [-0.2, 0) is 0 Å². The summed E-state index contributed by atoms with van der Waals surface area (Å²) in [4.78, 5) is 11.8. The van der Waals surface area contributed by atoms with Gasteiger partial charge in [-0.1, -0.05) is 22.7 Å². The number of nitrogens with one attached hydrogen (secondary N) is 2. The van der Waals surface area contributed by atoms with Crippen molar-refractivity contribution in [1.82, 2.24) is 9.59 Å². The van der Waals surface area contributed by atoms with Crippen molar-refractivity contribution >= 4 is 39.2 Å². The first-order valence-electron chi connectivity index (χ1n) is 5.66. The first kappa shape index (κ1) is 11.6. The number of rotatable bonds is 2. The van der Waals surface area contributed by atoms with Crippen molar-refractivity contribution in [1.29, 1.82) is 0 Å². The van der Waals surface area contributed by atoms with Crippen LogP contribution in [-0.4, -0.2) is 15.6 Å². The summed E-state index contributed by atoms with van der Waals surface area (Å²) in [5.74, 6) is 0. The predicted molar refractivity (Wildman–Crippen MR) is 76.5 cm³/mol. The fourth-order valence-corrected chi connectivity index (χ4v) is 2.27. The van der Waals surface area contributed by atoms with Crippen molar-refractivity contribution < 1.29 is 4.79 Å². The van der Waals surface area contributed by atoms with Crippen LogP contribution in [0.3, 0.4) is 0 Å². The minimum Gasteiger partial charge on any atom is -0.308 e. The molecule has 1 heterocycles. The van der Waals surface area contributed by atoms with E-state index in [1.54, 1.807) is 6.07 Å². The first-order chi connectivity index (χ1) is 9.31. The van der Waals surface area contributed by atoms with Gasteiger partial charge in [0.05, 0.1) is 4.70 Å². The summed E-state index contributed by atoms with van der Waals surface area (Å²) in [7, 11) is 0. The Morgan fingerprint density at radius 1 is 1.00 bits per heavy atom. The Hall–Kier alpha value is -2.47. The van der Waals surface area contributed by atoms with Crippen LogP contribution in [0.2, 0.25) is 0 Å². The van der Waals surface area contributed by atoms with E-state index >= 15 is 0 Å². The summed E-state index contributed by atoms with van der Waals surface area (Å²) in [6.07, 6.45) is 0. The van der Waals surface area contributed by atoms with Crippen molar-refractivity contribution in [2.24, 2.45) is 0 Å². The summed E-state index contributed by atoms with van der Waals surface area (Å²) < 4.78 is 4.79. The second kappa shape index (κ2) is 5.03. The molecule has 0 spiro atoms. The number of anilines is 2. The van der Waals surface area contributed by atoms with Crippen molar-refractivity contribution in [2.75, 3.05) is 10.6 Å². The highest BCUT2D eigenvalue weighted by Crippen LogP contribution is 2.20. The highest BCUT2D eigenvalue weighted by molar-refractivity contribution is 7.12. The smallest absolute Gasteiger partial charge is 0.308 e. The fraction of sp³-hybridized carbons (Fsp3) is 0. The lowest BCUT2D eigenvalue weighted by atomic mass is 10.3. The second-order valence-electron chi connectivity index (χ2n) is 3.90. The van der Waals surface area contributed by atoms with Crippen LogP contribution in [0.4, 0.5) is 16.2 Å². The molecule has 0 unspecified atom stereocenters. The molecule has 0 atom stereocenters. The monoisotopic (exact) mass is 270 g/mol. The van der Waals surface area contributed by atoms with Gasteiger partial charge in [-0.15, -0.1) is 5.10 Å². The average molecular weight is 270 g/mol. The zero-order chi connectivity index (χ0) is 13.1. The van der Waals surface area contributed by atoms with E-state index in [0.717, 1.165) is 15.9 Å². The lowest BCUT2D eigenvalue weighted by Crippen LogP contribution is -2.19. The van der Waals surface area contributed by atoms with Crippen molar-refractivity contribution in [3.8, 4) is 0 Å². The minimum absolute atomic E-state index is 0.275. The molecular weight excluding hydrogens is 260 g/mol. The summed E-state index contributed by atoms with van der Waals surface area (Å²) in [6, 6.07) is 14.5.